The van der Waals surface area contributed by atoms with Crippen molar-refractivity contribution in [1.82, 2.24) is 4.90 Å². The van der Waals surface area contributed by atoms with E-state index in [2.05, 4.69) is 6.92 Å². The minimum atomic E-state index is -2.52. The van der Waals surface area contributed by atoms with Gasteiger partial charge >= 0.3 is 5.97 Å². The highest BCUT2D eigenvalue weighted by Crippen LogP contribution is 2.39. The van der Waals surface area contributed by atoms with Crippen LogP contribution < -0.4 is 4.90 Å². The van der Waals surface area contributed by atoms with Crippen LogP contribution in [0.15, 0.2) is 53.6 Å². The van der Waals surface area contributed by atoms with Crippen molar-refractivity contribution in [3.05, 3.63) is 53.6 Å². The fourth-order valence-electron chi connectivity index (χ4n) is 10.6. The molecule has 2 saturated heterocycles. The second kappa shape index (κ2) is 24.6. The molecule has 2 amide bonds. The average molecular weight is 939 g/mol. The van der Waals surface area contributed by atoms with Crippen molar-refractivity contribution in [2.24, 2.45) is 29.6 Å². The van der Waals surface area contributed by atoms with Crippen LogP contribution >= 0.6 is 0 Å². The molecular formula is C52H78N2O13. The smallest absolute Gasteiger partial charge is 0.329 e. The molecule has 67 heavy (non-hydrogen) atoms. The van der Waals surface area contributed by atoms with Crippen LogP contribution in [0.1, 0.15) is 112 Å². The molecule has 374 valence electrons. The van der Waals surface area contributed by atoms with E-state index in [1.807, 2.05) is 63.3 Å². The molecule has 2 bridgehead atoms. The molecular weight excluding hydrogens is 861 g/mol. The van der Waals surface area contributed by atoms with Crippen molar-refractivity contribution in [2.45, 2.75) is 167 Å². The summed E-state index contributed by atoms with van der Waals surface area (Å²) in [6, 6.07) is 8.17. The van der Waals surface area contributed by atoms with Crippen LogP contribution in [0, 0.1) is 29.6 Å². The van der Waals surface area contributed by atoms with Crippen molar-refractivity contribution < 1.29 is 62.6 Å². The van der Waals surface area contributed by atoms with E-state index in [4.69, 9.17) is 28.4 Å². The van der Waals surface area contributed by atoms with Gasteiger partial charge in [0.15, 0.2) is 0 Å². The van der Waals surface area contributed by atoms with Crippen LogP contribution in [-0.2, 0) is 52.4 Å². The number of aliphatic hydroxyl groups is 2. The number of nitrogens with zero attached hydrogens (tertiary/aromatic N) is 2. The van der Waals surface area contributed by atoms with Crippen molar-refractivity contribution in [1.29, 1.82) is 0 Å². The first kappa shape index (κ1) is 54.1. The maximum Gasteiger partial charge on any atom is 0.329 e. The van der Waals surface area contributed by atoms with E-state index in [1.54, 1.807) is 32.9 Å². The van der Waals surface area contributed by atoms with Crippen molar-refractivity contribution >= 4 is 35.0 Å². The van der Waals surface area contributed by atoms with E-state index in [0.29, 0.717) is 56.9 Å². The zero-order valence-corrected chi connectivity index (χ0v) is 41.5. The Morgan fingerprint density at radius 2 is 1.58 bits per heavy atom. The number of likely N-dealkylation sites (N-methyl/N-ethyl adjacent to an activating group) is 1. The van der Waals surface area contributed by atoms with E-state index in [1.165, 1.54) is 19.1 Å². The third-order valence-electron chi connectivity index (χ3n) is 14.8. The standard InChI is InChI=1S/C52H78N2O13/c1-11-37-24-31(2)23-32(3)25-44(63-9)48-45(64-10)27-34(5)52(61,67-48)49(58)50(59)54-22-16-15-19-39(54)51(60)66-47(35(6)40(55)29-41(37)56)33(4)26-36-20-21-42(43(28-36)62-8)65-30-46(57)53(7)38-17-13-12-14-18-38/h12-14,17-18,24,26,32,34-37,39-40,42-45,47-48,55,61H,11,15-16,19-23,25,27-30H2,1-10H3/b31-24+,33-26+/t32-,34+,35+,36-,37+,39-,40-,42+,43+,44-,45-,47+,48+,52+/m0/s1. The second-order valence-corrected chi connectivity index (χ2v) is 19.7. The summed E-state index contributed by atoms with van der Waals surface area (Å²) < 4.78 is 36.5. The fourth-order valence-corrected chi connectivity index (χ4v) is 10.6. The molecule has 0 aromatic heterocycles. The van der Waals surface area contributed by atoms with E-state index in [0.717, 1.165) is 11.3 Å². The van der Waals surface area contributed by atoms with Gasteiger partial charge in [0, 0.05) is 64.8 Å². The van der Waals surface area contributed by atoms with Gasteiger partial charge in [0.05, 0.1) is 30.5 Å². The number of allylic oxidation sites excluding steroid dienone is 3. The Labute approximate surface area is 397 Å². The number of rotatable bonds is 10. The van der Waals surface area contributed by atoms with Crippen LogP contribution in [0.25, 0.3) is 0 Å². The number of ketones is 2. The third kappa shape index (κ3) is 13.3. The summed E-state index contributed by atoms with van der Waals surface area (Å²) in [7, 11) is 6.38. The van der Waals surface area contributed by atoms with E-state index in [-0.39, 0.29) is 68.1 Å². The number of Topliss-reactive ketones (excluding diaryl/α,β-unsaturated/α-hetero) is 2. The number of amides is 2. The number of hydrogen-bond acceptors (Lipinski definition) is 13. The molecule has 1 aromatic rings. The van der Waals surface area contributed by atoms with Gasteiger partial charge in [0.25, 0.3) is 17.6 Å². The summed E-state index contributed by atoms with van der Waals surface area (Å²) in [5.41, 5.74) is 2.40. The maximum atomic E-state index is 14.5. The summed E-state index contributed by atoms with van der Waals surface area (Å²) in [6.45, 7) is 11.1. The van der Waals surface area contributed by atoms with Crippen LogP contribution in [0.3, 0.4) is 0 Å². The lowest BCUT2D eigenvalue weighted by Crippen LogP contribution is -2.64. The number of carbonyl (C=O) groups excluding carboxylic acids is 5. The number of carbonyl (C=O) groups is 5. The average Bonchev–Trinajstić information content (AvgIpc) is 3.32. The van der Waals surface area contributed by atoms with Gasteiger partial charge in [-0.05, 0) is 108 Å². The minimum Gasteiger partial charge on any atom is -0.456 e. The fraction of sp³-hybridized carbons (Fsp3) is 0.712. The van der Waals surface area contributed by atoms with Gasteiger partial charge < -0.3 is 48.4 Å². The SMILES string of the molecule is CC[C@@H]1/C=C(\C)C[C@H](C)C[C@H](OC)[C@H]2O[C@@](O)(C(=O)C(=O)N3CCCC[C@H]3C(=O)O[C@H](/C(C)=C/[C@@H]3CC[C@@H](OCC(=O)N(C)c4ccccc4)[C@H](OC)C3)[C@H](C)[C@@H](O)CC1=O)[C@H](C)C[C@@H]2OC. The van der Waals surface area contributed by atoms with Crippen molar-refractivity contribution in [3.8, 4) is 0 Å². The summed E-state index contributed by atoms with van der Waals surface area (Å²) >= 11 is 0. The zero-order valence-electron chi connectivity index (χ0n) is 41.5. The molecule has 1 saturated carbocycles. The molecule has 15 nitrogen and oxygen atoms in total. The van der Waals surface area contributed by atoms with Crippen molar-refractivity contribution in [2.75, 3.05) is 46.4 Å². The lowest BCUT2D eigenvalue weighted by molar-refractivity contribution is -0.302. The highest BCUT2D eigenvalue weighted by molar-refractivity contribution is 6.39. The van der Waals surface area contributed by atoms with Gasteiger partial charge in [-0.3, -0.25) is 19.2 Å². The molecule has 1 aromatic carbocycles. The number of piperidine rings is 1. The van der Waals surface area contributed by atoms with Gasteiger partial charge in [0.2, 0.25) is 5.79 Å². The van der Waals surface area contributed by atoms with E-state index >= 15 is 0 Å². The Kier molecular flexibility index (Phi) is 19.9. The van der Waals surface area contributed by atoms with Gasteiger partial charge in [0.1, 0.15) is 30.6 Å². The second-order valence-electron chi connectivity index (χ2n) is 19.7. The third-order valence-corrected chi connectivity index (χ3v) is 14.8. The largest absolute Gasteiger partial charge is 0.456 e. The highest BCUT2D eigenvalue weighted by atomic mass is 16.7. The highest BCUT2D eigenvalue weighted by Gasteiger charge is 2.56. The molecule has 1 aliphatic carbocycles. The molecule has 3 heterocycles. The van der Waals surface area contributed by atoms with Gasteiger partial charge in [-0.1, -0.05) is 63.6 Å². The number of ether oxygens (including phenoxy) is 6. The Morgan fingerprint density at radius 1 is 0.910 bits per heavy atom. The van der Waals surface area contributed by atoms with E-state index in [9.17, 15) is 34.2 Å². The maximum absolute atomic E-state index is 14.5. The molecule has 0 spiro atoms. The monoisotopic (exact) mass is 939 g/mol. The predicted octanol–water partition coefficient (Wildman–Crippen LogP) is 6.16. The molecule has 4 aliphatic rings. The molecule has 3 aliphatic heterocycles. The van der Waals surface area contributed by atoms with Crippen LogP contribution in [0.4, 0.5) is 5.69 Å². The molecule has 14 atom stereocenters. The Bertz CT molecular complexity index is 1910. The van der Waals surface area contributed by atoms with E-state index < -0.39 is 77.8 Å². The zero-order chi connectivity index (χ0) is 49.2. The number of aliphatic hydroxyl groups excluding tert-OH is 1. The molecule has 0 unspecified atom stereocenters. The Morgan fingerprint density at radius 3 is 2.24 bits per heavy atom. The lowest BCUT2D eigenvalue weighted by atomic mass is 9.81. The van der Waals surface area contributed by atoms with Crippen LogP contribution in [0.5, 0.6) is 0 Å². The summed E-state index contributed by atoms with van der Waals surface area (Å²) in [5.74, 6) is -7.91. The van der Waals surface area contributed by atoms with Crippen LogP contribution in [-0.4, -0.2) is 141 Å². The number of anilines is 1. The van der Waals surface area contributed by atoms with Gasteiger partial charge in [-0.2, -0.15) is 0 Å². The quantitative estimate of drug-likeness (QED) is 0.155. The molecule has 0 radical (unpaired) electrons. The number of benzene rings is 1. The summed E-state index contributed by atoms with van der Waals surface area (Å²) in [5, 5.41) is 24.0. The summed E-state index contributed by atoms with van der Waals surface area (Å²) in [4.78, 5) is 73.0. The molecule has 3 fully saturated rings. The van der Waals surface area contributed by atoms with Crippen molar-refractivity contribution in [3.63, 3.8) is 0 Å². The minimum absolute atomic E-state index is 0.0186. The molecule has 2 N–H and O–H groups in total. The first-order valence-corrected chi connectivity index (χ1v) is 24.4. The topological polar surface area (TPSA) is 188 Å². The normalized spacial score (nSPS) is 36.5. The first-order valence-electron chi connectivity index (χ1n) is 24.4. The number of para-hydroxylation sites is 1. The Hall–Kier alpha value is -3.83. The summed E-state index contributed by atoms with van der Waals surface area (Å²) in [6.07, 6.45) is 3.79. The number of hydrogen-bond donors (Lipinski definition) is 2. The number of fused-ring (bicyclic) bond motifs is 3. The number of cyclic esters (lactones) is 1. The van der Waals surface area contributed by atoms with Gasteiger partial charge in [-0.25, -0.2) is 4.79 Å². The Balaban J connectivity index is 1.44. The number of methoxy groups -OCH3 is 3. The number of esters is 1. The van der Waals surface area contributed by atoms with Crippen LogP contribution in [0.2, 0.25) is 0 Å². The lowest BCUT2D eigenvalue weighted by Gasteiger charge is -2.47. The molecule has 15 heteroatoms. The predicted molar refractivity (Wildman–Crippen MR) is 252 cm³/mol. The molecule has 5 rings (SSSR count). The van der Waals surface area contributed by atoms with Gasteiger partial charge in [-0.15, -0.1) is 0 Å². The first-order chi connectivity index (χ1) is 31.9.